The zero-order valence-corrected chi connectivity index (χ0v) is 5.57. The van der Waals surface area contributed by atoms with Gasteiger partial charge in [0.25, 0.3) is 12.0 Å². The van der Waals surface area contributed by atoms with Crippen LogP contribution in [0.25, 0.3) is 0 Å². The molecule has 0 bridgehead atoms. The zero-order valence-electron chi connectivity index (χ0n) is 5.57. The quantitative estimate of drug-likeness (QED) is 0.655. The van der Waals surface area contributed by atoms with Crippen molar-refractivity contribution in [2.24, 2.45) is 0 Å². The maximum Gasteiger partial charge on any atom is 0.287 e. The van der Waals surface area contributed by atoms with Crippen molar-refractivity contribution in [3.63, 3.8) is 0 Å². The summed E-state index contributed by atoms with van der Waals surface area (Å²) in [5.41, 5.74) is -2.50. The molecule has 0 unspecified atom stereocenters. The summed E-state index contributed by atoms with van der Waals surface area (Å²) in [6, 6.07) is 0. The van der Waals surface area contributed by atoms with Gasteiger partial charge in [-0.1, -0.05) is 0 Å². The molecule has 0 radical (unpaired) electrons. The fraction of sp³-hybridized carbons (Fsp3) is 0.167. The van der Waals surface area contributed by atoms with Gasteiger partial charge >= 0.3 is 0 Å². The summed E-state index contributed by atoms with van der Waals surface area (Å²) >= 11 is 0. The first-order valence-electron chi connectivity index (χ1n) is 2.88. The SMILES string of the molecule is O=c1[nH]cc(C(F)F)c(F)c1F. The smallest absolute Gasteiger partial charge is 0.287 e. The molecule has 0 spiro atoms. The lowest BCUT2D eigenvalue weighted by molar-refractivity contribution is 0.144. The highest BCUT2D eigenvalue weighted by molar-refractivity contribution is 5.14. The van der Waals surface area contributed by atoms with Gasteiger partial charge in [-0.3, -0.25) is 4.79 Å². The number of aromatic nitrogens is 1. The standard InChI is InChI=1S/C6H3F4NO/c7-3-2(5(9)10)1-11-6(12)4(3)8/h1,5H,(H,11,12). The molecule has 1 heterocycles. The molecule has 6 heteroatoms. The van der Waals surface area contributed by atoms with Gasteiger partial charge in [0.2, 0.25) is 5.82 Å². The van der Waals surface area contributed by atoms with E-state index in [1.165, 1.54) is 0 Å². The molecule has 0 aliphatic carbocycles. The number of rotatable bonds is 1. The third-order valence-corrected chi connectivity index (χ3v) is 1.24. The number of halogens is 4. The highest BCUT2D eigenvalue weighted by atomic mass is 19.3. The van der Waals surface area contributed by atoms with Crippen molar-refractivity contribution in [3.8, 4) is 0 Å². The van der Waals surface area contributed by atoms with E-state index in [1.807, 2.05) is 0 Å². The second-order valence-electron chi connectivity index (χ2n) is 2.00. The molecule has 1 aromatic rings. The monoisotopic (exact) mass is 181 g/mol. The number of alkyl halides is 2. The lowest BCUT2D eigenvalue weighted by Gasteiger charge is -1.99. The van der Waals surface area contributed by atoms with Crippen LogP contribution < -0.4 is 5.56 Å². The van der Waals surface area contributed by atoms with Crippen LogP contribution in [0.4, 0.5) is 17.6 Å². The van der Waals surface area contributed by atoms with Crippen molar-refractivity contribution >= 4 is 0 Å². The highest BCUT2D eigenvalue weighted by Crippen LogP contribution is 2.20. The predicted octanol–water partition coefficient (Wildman–Crippen LogP) is 1.59. The Bertz CT molecular complexity index is 346. The molecule has 1 rings (SSSR count). The van der Waals surface area contributed by atoms with E-state index in [4.69, 9.17) is 0 Å². The van der Waals surface area contributed by atoms with Crippen LogP contribution in [0, 0.1) is 11.6 Å². The summed E-state index contributed by atoms with van der Waals surface area (Å²) in [4.78, 5) is 11.9. The Morgan fingerprint density at radius 3 is 2.33 bits per heavy atom. The molecule has 1 N–H and O–H groups in total. The fourth-order valence-electron chi connectivity index (χ4n) is 0.655. The van der Waals surface area contributed by atoms with Gasteiger partial charge < -0.3 is 4.98 Å². The number of H-pyrrole nitrogens is 1. The Balaban J connectivity index is 3.36. The molecule has 2 nitrogen and oxygen atoms in total. The van der Waals surface area contributed by atoms with E-state index in [1.54, 1.807) is 4.98 Å². The van der Waals surface area contributed by atoms with Crippen LogP contribution in [0.3, 0.4) is 0 Å². The minimum absolute atomic E-state index is 0.450. The first-order valence-corrected chi connectivity index (χ1v) is 2.88. The third kappa shape index (κ3) is 1.32. The van der Waals surface area contributed by atoms with Crippen molar-refractivity contribution < 1.29 is 17.6 Å². The van der Waals surface area contributed by atoms with E-state index >= 15 is 0 Å². The molecule has 0 aliphatic heterocycles. The number of aromatic amines is 1. The lowest BCUT2D eigenvalue weighted by Crippen LogP contribution is -2.14. The maximum atomic E-state index is 12.4. The van der Waals surface area contributed by atoms with Crippen molar-refractivity contribution in [1.29, 1.82) is 0 Å². The largest absolute Gasteiger partial charge is 0.326 e. The molecular weight excluding hydrogens is 178 g/mol. The van der Waals surface area contributed by atoms with Crippen LogP contribution in [0.15, 0.2) is 11.0 Å². The molecule has 12 heavy (non-hydrogen) atoms. The summed E-state index contributed by atoms with van der Waals surface area (Å²) in [6.45, 7) is 0. The number of hydrogen-bond donors (Lipinski definition) is 1. The second kappa shape index (κ2) is 2.96. The fourth-order valence-corrected chi connectivity index (χ4v) is 0.655. The third-order valence-electron chi connectivity index (χ3n) is 1.24. The van der Waals surface area contributed by atoms with Gasteiger partial charge in [0.1, 0.15) is 0 Å². The minimum atomic E-state index is -3.14. The van der Waals surface area contributed by atoms with E-state index in [9.17, 15) is 22.4 Å². The Labute approximate surface area is 63.8 Å². The molecule has 0 saturated carbocycles. The number of pyridine rings is 1. The molecule has 1 aromatic heterocycles. The van der Waals surface area contributed by atoms with Gasteiger partial charge in [-0.2, -0.15) is 4.39 Å². The molecule has 66 valence electrons. The zero-order chi connectivity index (χ0) is 9.30. The van der Waals surface area contributed by atoms with E-state index in [0.29, 0.717) is 6.20 Å². The van der Waals surface area contributed by atoms with E-state index in [0.717, 1.165) is 0 Å². The normalized spacial score (nSPS) is 10.8. The van der Waals surface area contributed by atoms with E-state index < -0.39 is 29.2 Å². The average molecular weight is 181 g/mol. The summed E-state index contributed by atoms with van der Waals surface area (Å²) in [5, 5.41) is 0. The molecule has 0 atom stereocenters. The Hall–Kier alpha value is -1.33. The second-order valence-corrected chi connectivity index (χ2v) is 2.00. The number of nitrogens with one attached hydrogen (secondary N) is 1. The van der Waals surface area contributed by atoms with Crippen molar-refractivity contribution in [2.45, 2.75) is 6.43 Å². The van der Waals surface area contributed by atoms with Gasteiger partial charge in [-0.15, -0.1) is 0 Å². The molecule has 0 fully saturated rings. The van der Waals surface area contributed by atoms with Gasteiger partial charge in [-0.05, 0) is 0 Å². The molecule has 0 aromatic carbocycles. The maximum absolute atomic E-state index is 12.4. The molecule has 0 aliphatic rings. The lowest BCUT2D eigenvalue weighted by atomic mass is 10.3. The van der Waals surface area contributed by atoms with Crippen molar-refractivity contribution in [2.75, 3.05) is 0 Å². The van der Waals surface area contributed by atoms with Crippen molar-refractivity contribution in [3.05, 3.63) is 33.7 Å². The van der Waals surface area contributed by atoms with E-state index in [-0.39, 0.29) is 0 Å². The summed E-state index contributed by atoms with van der Waals surface area (Å²) in [5.74, 6) is -3.61. The highest BCUT2D eigenvalue weighted by Gasteiger charge is 2.18. The molecule has 0 saturated heterocycles. The van der Waals surface area contributed by atoms with Gasteiger partial charge in [0.05, 0.1) is 5.56 Å². The Morgan fingerprint density at radius 1 is 1.25 bits per heavy atom. The summed E-state index contributed by atoms with van der Waals surface area (Å²) in [7, 11) is 0. The Kier molecular flexibility index (Phi) is 2.16. The summed E-state index contributed by atoms with van der Waals surface area (Å²) < 4.78 is 48.4. The van der Waals surface area contributed by atoms with Crippen LogP contribution in [-0.4, -0.2) is 4.98 Å². The van der Waals surface area contributed by atoms with Crippen LogP contribution >= 0.6 is 0 Å². The molecular formula is C6H3F4NO. The van der Waals surface area contributed by atoms with Crippen LogP contribution in [-0.2, 0) is 0 Å². The van der Waals surface area contributed by atoms with Gasteiger partial charge in [0.15, 0.2) is 5.82 Å². The first-order chi connectivity index (χ1) is 5.54. The topological polar surface area (TPSA) is 32.9 Å². The van der Waals surface area contributed by atoms with E-state index in [2.05, 4.69) is 0 Å². The minimum Gasteiger partial charge on any atom is -0.326 e. The van der Waals surface area contributed by atoms with Crippen LogP contribution in [0.1, 0.15) is 12.0 Å². The van der Waals surface area contributed by atoms with Gasteiger partial charge in [-0.25, -0.2) is 13.2 Å². The number of hydrogen-bond acceptors (Lipinski definition) is 1. The predicted molar refractivity (Wildman–Crippen MR) is 31.9 cm³/mol. The van der Waals surface area contributed by atoms with Gasteiger partial charge in [0, 0.05) is 6.20 Å². The molecule has 0 amide bonds. The Morgan fingerprint density at radius 2 is 1.83 bits per heavy atom. The average Bonchev–Trinajstić information content (AvgIpc) is 2.00. The van der Waals surface area contributed by atoms with Crippen molar-refractivity contribution in [1.82, 2.24) is 4.98 Å². The summed E-state index contributed by atoms with van der Waals surface area (Å²) in [6.07, 6.45) is -2.69. The van der Waals surface area contributed by atoms with Crippen LogP contribution in [0.5, 0.6) is 0 Å². The first kappa shape index (κ1) is 8.76. The van der Waals surface area contributed by atoms with Crippen LogP contribution in [0.2, 0.25) is 0 Å².